The summed E-state index contributed by atoms with van der Waals surface area (Å²) < 4.78 is 10.5. The zero-order valence-electron chi connectivity index (χ0n) is 13.9. The summed E-state index contributed by atoms with van der Waals surface area (Å²) in [6.45, 7) is 1.52. The molecule has 0 saturated heterocycles. The lowest BCUT2D eigenvalue weighted by Gasteiger charge is -2.28. The highest BCUT2D eigenvalue weighted by molar-refractivity contribution is 5.94. The molecule has 1 unspecified atom stereocenters. The van der Waals surface area contributed by atoms with E-state index in [1.807, 2.05) is 0 Å². The first-order valence-corrected chi connectivity index (χ1v) is 7.83. The number of hydrazine groups is 1. The van der Waals surface area contributed by atoms with Crippen molar-refractivity contribution in [3.63, 3.8) is 0 Å². The number of ether oxygens (including phenoxy) is 2. The van der Waals surface area contributed by atoms with Crippen molar-refractivity contribution in [2.75, 3.05) is 0 Å². The van der Waals surface area contributed by atoms with Crippen LogP contribution in [0.3, 0.4) is 0 Å². The first-order valence-electron chi connectivity index (χ1n) is 7.83. The highest BCUT2D eigenvalue weighted by Crippen LogP contribution is 2.33. The molecular formula is C18H18N2O6. The zero-order chi connectivity index (χ0) is 18.9. The Morgan fingerprint density at radius 3 is 2.69 bits per heavy atom. The van der Waals surface area contributed by atoms with Crippen LogP contribution in [0.25, 0.3) is 0 Å². The van der Waals surface area contributed by atoms with E-state index >= 15 is 0 Å². The van der Waals surface area contributed by atoms with Crippen molar-refractivity contribution < 1.29 is 29.3 Å². The molecule has 1 aliphatic heterocycles. The first-order chi connectivity index (χ1) is 12.3. The van der Waals surface area contributed by atoms with Crippen LogP contribution in [0.2, 0.25) is 0 Å². The second-order valence-electron chi connectivity index (χ2n) is 6.21. The SMILES string of the molecule is C[C@@](Cc1ccc(O)c(O)c1)(NN)C(=O)OC1OC(=O)c2ccccc21. The number of hydrogen-bond acceptors (Lipinski definition) is 8. The summed E-state index contributed by atoms with van der Waals surface area (Å²) in [6, 6.07) is 10.8. The molecule has 3 rings (SSSR count). The number of carbonyl (C=O) groups excluding carboxylic acids is 2. The van der Waals surface area contributed by atoms with Crippen LogP contribution in [0.15, 0.2) is 42.5 Å². The van der Waals surface area contributed by atoms with Crippen LogP contribution in [-0.2, 0) is 20.7 Å². The number of aromatic hydroxyl groups is 2. The van der Waals surface area contributed by atoms with Crippen LogP contribution in [0, 0.1) is 0 Å². The minimum atomic E-state index is -1.35. The Balaban J connectivity index is 1.78. The van der Waals surface area contributed by atoms with Crippen molar-refractivity contribution >= 4 is 11.9 Å². The molecule has 2 aromatic rings. The van der Waals surface area contributed by atoms with Crippen LogP contribution in [0.5, 0.6) is 11.5 Å². The molecule has 0 bridgehead atoms. The van der Waals surface area contributed by atoms with Gasteiger partial charge in [-0.1, -0.05) is 24.3 Å². The largest absolute Gasteiger partial charge is 0.504 e. The number of phenols is 2. The van der Waals surface area contributed by atoms with Gasteiger partial charge in [0, 0.05) is 12.0 Å². The Morgan fingerprint density at radius 2 is 2.00 bits per heavy atom. The molecule has 0 aliphatic carbocycles. The van der Waals surface area contributed by atoms with E-state index in [2.05, 4.69) is 5.43 Å². The molecule has 8 heteroatoms. The molecule has 0 amide bonds. The van der Waals surface area contributed by atoms with Gasteiger partial charge in [-0.25, -0.2) is 15.0 Å². The lowest BCUT2D eigenvalue weighted by atomic mass is 9.93. The second-order valence-corrected chi connectivity index (χ2v) is 6.21. The number of esters is 2. The predicted molar refractivity (Wildman–Crippen MR) is 89.9 cm³/mol. The molecule has 2 atom stereocenters. The molecule has 136 valence electrons. The molecule has 1 heterocycles. The van der Waals surface area contributed by atoms with Gasteiger partial charge in [0.2, 0.25) is 0 Å². The van der Waals surface area contributed by atoms with Crippen molar-refractivity contribution in [2.45, 2.75) is 25.2 Å². The number of hydrogen-bond donors (Lipinski definition) is 4. The monoisotopic (exact) mass is 358 g/mol. The van der Waals surface area contributed by atoms with E-state index < -0.39 is 23.8 Å². The maximum absolute atomic E-state index is 12.7. The molecule has 0 fully saturated rings. The van der Waals surface area contributed by atoms with E-state index in [1.54, 1.807) is 30.3 Å². The molecule has 1 aliphatic rings. The van der Waals surface area contributed by atoms with Gasteiger partial charge in [-0.15, -0.1) is 0 Å². The summed E-state index contributed by atoms with van der Waals surface area (Å²) in [5, 5.41) is 19.0. The van der Waals surface area contributed by atoms with E-state index in [-0.39, 0.29) is 17.9 Å². The molecule has 0 saturated carbocycles. The third-order valence-electron chi connectivity index (χ3n) is 4.23. The van der Waals surface area contributed by atoms with E-state index in [4.69, 9.17) is 15.3 Å². The number of phenolic OH excluding ortho intramolecular Hbond substituents is 2. The molecule has 26 heavy (non-hydrogen) atoms. The predicted octanol–water partition coefficient (Wildman–Crippen LogP) is 1.27. The summed E-state index contributed by atoms with van der Waals surface area (Å²) >= 11 is 0. The summed E-state index contributed by atoms with van der Waals surface area (Å²) in [4.78, 5) is 24.5. The Morgan fingerprint density at radius 1 is 1.27 bits per heavy atom. The molecule has 0 spiro atoms. The second kappa shape index (κ2) is 6.66. The number of fused-ring (bicyclic) bond motifs is 1. The van der Waals surface area contributed by atoms with E-state index in [0.29, 0.717) is 16.7 Å². The lowest BCUT2D eigenvalue weighted by molar-refractivity contribution is -0.175. The van der Waals surface area contributed by atoms with E-state index in [1.165, 1.54) is 19.1 Å². The third kappa shape index (κ3) is 3.19. The summed E-state index contributed by atoms with van der Waals surface area (Å²) in [5.41, 5.74) is 2.41. The molecular weight excluding hydrogens is 340 g/mol. The van der Waals surface area contributed by atoms with Crippen LogP contribution in [0.4, 0.5) is 0 Å². The van der Waals surface area contributed by atoms with Crippen molar-refractivity contribution in [1.29, 1.82) is 0 Å². The number of nitrogens with one attached hydrogen (secondary N) is 1. The molecule has 0 aromatic heterocycles. The molecule has 5 N–H and O–H groups in total. The van der Waals surface area contributed by atoms with Crippen LogP contribution < -0.4 is 11.3 Å². The highest BCUT2D eigenvalue weighted by Gasteiger charge is 2.40. The van der Waals surface area contributed by atoms with Crippen LogP contribution in [0.1, 0.15) is 34.7 Å². The van der Waals surface area contributed by atoms with Gasteiger partial charge < -0.3 is 19.7 Å². The lowest BCUT2D eigenvalue weighted by Crippen LogP contribution is -2.55. The van der Waals surface area contributed by atoms with E-state index in [0.717, 1.165) is 0 Å². The first kappa shape index (κ1) is 17.7. The summed E-state index contributed by atoms with van der Waals surface area (Å²) in [6.07, 6.45) is -1.08. The minimum absolute atomic E-state index is 0.0679. The van der Waals surface area contributed by atoms with Crippen LogP contribution >= 0.6 is 0 Å². The fraction of sp³-hybridized carbons (Fsp3) is 0.222. The number of nitrogens with two attached hydrogens (primary N) is 1. The topological polar surface area (TPSA) is 131 Å². The molecule has 8 nitrogen and oxygen atoms in total. The average Bonchev–Trinajstić information content (AvgIpc) is 2.94. The van der Waals surface area contributed by atoms with Gasteiger partial charge in [0.25, 0.3) is 6.29 Å². The van der Waals surface area contributed by atoms with Gasteiger partial charge in [0.05, 0.1) is 5.56 Å². The Hall–Kier alpha value is -3.10. The number of carbonyl (C=O) groups is 2. The third-order valence-corrected chi connectivity index (χ3v) is 4.23. The number of rotatable bonds is 5. The summed E-state index contributed by atoms with van der Waals surface area (Å²) in [7, 11) is 0. The normalized spacial score (nSPS) is 17.9. The number of benzene rings is 2. The molecule has 2 aromatic carbocycles. The van der Waals surface area contributed by atoms with Crippen molar-refractivity contribution in [1.82, 2.24) is 5.43 Å². The summed E-state index contributed by atoms with van der Waals surface area (Å²) in [5.74, 6) is 3.67. The Kier molecular flexibility index (Phi) is 4.54. The maximum atomic E-state index is 12.7. The fourth-order valence-electron chi connectivity index (χ4n) is 2.70. The van der Waals surface area contributed by atoms with Gasteiger partial charge >= 0.3 is 11.9 Å². The van der Waals surface area contributed by atoms with Crippen molar-refractivity contribution in [3.8, 4) is 11.5 Å². The Bertz CT molecular complexity index is 869. The van der Waals surface area contributed by atoms with Gasteiger partial charge in [0.15, 0.2) is 11.5 Å². The molecule has 0 radical (unpaired) electrons. The van der Waals surface area contributed by atoms with Gasteiger partial charge in [0.1, 0.15) is 5.54 Å². The Labute approximate surface area is 149 Å². The maximum Gasteiger partial charge on any atom is 0.342 e. The van der Waals surface area contributed by atoms with Gasteiger partial charge in [-0.3, -0.25) is 5.84 Å². The highest BCUT2D eigenvalue weighted by atomic mass is 16.7. The number of cyclic esters (lactones) is 1. The van der Waals surface area contributed by atoms with Crippen molar-refractivity contribution in [2.24, 2.45) is 5.84 Å². The van der Waals surface area contributed by atoms with Gasteiger partial charge in [-0.05, 0) is 30.7 Å². The zero-order valence-corrected chi connectivity index (χ0v) is 13.9. The minimum Gasteiger partial charge on any atom is -0.504 e. The fourth-order valence-corrected chi connectivity index (χ4v) is 2.70. The van der Waals surface area contributed by atoms with Crippen LogP contribution in [-0.4, -0.2) is 27.7 Å². The van der Waals surface area contributed by atoms with E-state index in [9.17, 15) is 19.8 Å². The smallest absolute Gasteiger partial charge is 0.342 e. The quantitative estimate of drug-likeness (QED) is 0.272. The average molecular weight is 358 g/mol. The van der Waals surface area contributed by atoms with Gasteiger partial charge in [-0.2, -0.15) is 0 Å². The standard InChI is InChI=1S/C18H18N2O6/c1-18(20-19,9-10-6-7-13(21)14(22)8-10)17(24)26-16-12-5-3-2-4-11(12)15(23)25-16/h2-8,16,20-22H,9,19H2,1H3/t16?,18-/m0/s1. The van der Waals surface area contributed by atoms with Crippen molar-refractivity contribution in [3.05, 3.63) is 59.2 Å².